The normalized spacial score (nSPS) is 11.5. The maximum Gasteiger partial charge on any atom is 1.00 e. The van der Waals surface area contributed by atoms with Crippen LogP contribution < -0.4 is 78.6 Å². The second-order valence-electron chi connectivity index (χ2n) is 12.3. The first-order chi connectivity index (χ1) is 26.3. The van der Waals surface area contributed by atoms with E-state index in [1.165, 1.54) is 53.1 Å². The molecule has 0 bridgehead atoms. The third kappa shape index (κ3) is 10.8. The Kier molecular flexibility index (Phi) is 14.3. The van der Waals surface area contributed by atoms with Crippen LogP contribution in [0.2, 0.25) is 0 Å². The Balaban J connectivity index is 0.00000310. The van der Waals surface area contributed by atoms with Crippen LogP contribution in [0.4, 0.5) is 0 Å². The summed E-state index contributed by atoms with van der Waals surface area (Å²) in [5.41, 5.74) is 1.88. The van der Waals surface area contributed by atoms with Gasteiger partial charge in [-0.1, -0.05) is 29.5 Å². The van der Waals surface area contributed by atoms with E-state index < -0.39 is 20.8 Å². The van der Waals surface area contributed by atoms with E-state index in [1.807, 2.05) is 0 Å². The average Bonchev–Trinajstić information content (AvgIpc) is 3.60. The van der Waals surface area contributed by atoms with Gasteiger partial charge in [-0.2, -0.15) is 0 Å². The molecule has 0 spiro atoms. The van der Waals surface area contributed by atoms with E-state index >= 15 is 0 Å². The van der Waals surface area contributed by atoms with Gasteiger partial charge >= 0.3 is 59.1 Å². The van der Waals surface area contributed by atoms with Crippen molar-refractivity contribution in [1.82, 2.24) is 34.1 Å². The van der Waals surface area contributed by atoms with E-state index in [2.05, 4.69) is 18.7 Å². The van der Waals surface area contributed by atoms with Gasteiger partial charge in [0.25, 0.3) is 31.9 Å². The third-order valence-electron chi connectivity index (χ3n) is 8.52. The Bertz CT molecular complexity index is 2890. The fourth-order valence-electron chi connectivity index (χ4n) is 6.09. The molecule has 0 saturated carbocycles. The van der Waals surface area contributed by atoms with E-state index in [9.17, 15) is 35.5 Å². The Hall–Kier alpha value is -4.28. The zero-order valence-corrected chi connectivity index (χ0v) is 36.2. The van der Waals surface area contributed by atoms with Crippen LogP contribution in [-0.4, -0.2) is 60.0 Å². The molecule has 17 nitrogen and oxygen atoms in total. The molecule has 21 heteroatoms. The number of unbranched alkanes of at least 4 members (excludes halogenated alkanes) is 2. The molecule has 7 aromatic rings. The largest absolute Gasteiger partial charge is 1.00 e. The van der Waals surface area contributed by atoms with Gasteiger partial charge < -0.3 is 17.5 Å². The first kappa shape index (κ1) is 43.8. The van der Waals surface area contributed by atoms with Crippen LogP contribution in [0.25, 0.3) is 44.6 Å². The van der Waals surface area contributed by atoms with Gasteiger partial charge in [0.05, 0.1) is 34.5 Å². The molecule has 3 aromatic heterocycles. The number of benzene rings is 4. The van der Waals surface area contributed by atoms with Gasteiger partial charge in [0, 0.05) is 24.2 Å². The Morgan fingerprint density at radius 1 is 0.579 bits per heavy atom. The molecule has 0 aliphatic heterocycles. The molecule has 0 N–H and O–H groups in total. The van der Waals surface area contributed by atoms with Crippen LogP contribution in [0.3, 0.4) is 0 Å². The fraction of sp³-hybridized carbons (Fsp3) is 0.167. The molecule has 0 unspecified atom stereocenters. The summed E-state index contributed by atoms with van der Waals surface area (Å²) >= 11 is 0. The number of rotatable bonds is 14. The monoisotopic (exact) mass is 829 g/mol. The van der Waals surface area contributed by atoms with Crippen molar-refractivity contribution >= 4 is 42.6 Å². The van der Waals surface area contributed by atoms with Crippen molar-refractivity contribution in [3.63, 3.8) is 0 Å². The predicted molar refractivity (Wildman–Crippen MR) is 197 cm³/mol. The topological polar surface area (TPSA) is 233 Å². The first-order valence-corrected chi connectivity index (χ1v) is 19.4. The van der Waals surface area contributed by atoms with Crippen molar-refractivity contribution < 1.29 is 93.4 Å². The van der Waals surface area contributed by atoms with Crippen molar-refractivity contribution in [2.75, 3.05) is 0 Å². The number of hydrogen-bond acceptors (Lipinski definition) is 14. The second-order valence-corrected chi connectivity index (χ2v) is 14.3. The van der Waals surface area contributed by atoms with Crippen LogP contribution >= 0.6 is 0 Å². The molecule has 7 rings (SSSR count). The standard InChI is InChI=1S/C36H31N7O10S2.2Na/c44-35-29-8-2-4-10-31(29)37-33(24-12-16-27(17-13-24)52-54(46,47)48)42(35)21-7-1-6-20-41-22-26(39-40-41)23-43-34(38-32-11-5-3-9-30(32)36(43)45)25-14-18-28(19-15-25)53-55(49,50)51;;/h2-5,8-19,22H,1,6-7,20-21,23H2,(H,46,47,48)(H,49,50,51);;/q;2*+1/p-2. The number of para-hydroxylation sites is 2. The van der Waals surface area contributed by atoms with E-state index in [-0.39, 0.29) is 94.1 Å². The van der Waals surface area contributed by atoms with Crippen molar-refractivity contribution in [1.29, 1.82) is 0 Å². The Labute approximate surface area is 369 Å². The molecule has 0 aliphatic rings. The average molecular weight is 830 g/mol. The molecule has 282 valence electrons. The van der Waals surface area contributed by atoms with Crippen molar-refractivity contribution in [2.45, 2.75) is 38.9 Å². The maximum absolute atomic E-state index is 13.7. The van der Waals surface area contributed by atoms with Crippen molar-refractivity contribution in [3.8, 4) is 34.3 Å². The maximum atomic E-state index is 13.7. The molecule has 0 fully saturated rings. The molecule has 0 saturated heterocycles. The van der Waals surface area contributed by atoms with Crippen LogP contribution in [0.1, 0.15) is 25.0 Å². The van der Waals surface area contributed by atoms with Crippen LogP contribution in [0.5, 0.6) is 11.5 Å². The molecule has 57 heavy (non-hydrogen) atoms. The Morgan fingerprint density at radius 3 is 1.54 bits per heavy atom. The molecule has 0 atom stereocenters. The number of aryl methyl sites for hydroxylation is 1. The molecule has 0 aliphatic carbocycles. The summed E-state index contributed by atoms with van der Waals surface area (Å²) in [7, 11) is -9.92. The summed E-state index contributed by atoms with van der Waals surface area (Å²) in [6.45, 7) is 0.860. The predicted octanol–water partition coefficient (Wildman–Crippen LogP) is -2.36. The van der Waals surface area contributed by atoms with E-state index in [1.54, 1.807) is 64.0 Å². The van der Waals surface area contributed by atoms with Crippen LogP contribution in [0.15, 0.2) is 113 Å². The van der Waals surface area contributed by atoms with Gasteiger partial charge in [-0.05, 0) is 92.1 Å². The van der Waals surface area contributed by atoms with Crippen LogP contribution in [-0.2, 0) is 40.4 Å². The van der Waals surface area contributed by atoms with Crippen molar-refractivity contribution in [2.24, 2.45) is 0 Å². The van der Waals surface area contributed by atoms with E-state index in [4.69, 9.17) is 9.97 Å². The van der Waals surface area contributed by atoms with Gasteiger partial charge in [0.1, 0.15) is 28.8 Å². The molecule has 0 radical (unpaired) electrons. The number of fused-ring (bicyclic) bond motifs is 2. The quantitative estimate of drug-likeness (QED) is 0.0483. The van der Waals surface area contributed by atoms with Gasteiger partial charge in [-0.3, -0.25) is 23.4 Å². The molecular weight excluding hydrogens is 801 g/mol. The van der Waals surface area contributed by atoms with Crippen molar-refractivity contribution in [3.05, 3.63) is 130 Å². The van der Waals surface area contributed by atoms with E-state index in [0.29, 0.717) is 76.8 Å². The smallest absolute Gasteiger partial charge is 0.716 e. The van der Waals surface area contributed by atoms with Crippen LogP contribution in [0, 0.1) is 0 Å². The van der Waals surface area contributed by atoms with Gasteiger partial charge in [-0.15, -0.1) is 5.10 Å². The summed E-state index contributed by atoms with van der Waals surface area (Å²) < 4.78 is 79.6. The zero-order chi connectivity index (χ0) is 38.7. The zero-order valence-electron chi connectivity index (χ0n) is 30.6. The summed E-state index contributed by atoms with van der Waals surface area (Å²) in [5, 5.41) is 9.34. The number of hydrogen-bond donors (Lipinski definition) is 0. The van der Waals surface area contributed by atoms with Gasteiger partial charge in [-0.25, -0.2) is 26.8 Å². The number of nitrogens with zero attached hydrogens (tertiary/aromatic N) is 7. The fourth-order valence-corrected chi connectivity index (χ4v) is 6.78. The minimum absolute atomic E-state index is 0. The van der Waals surface area contributed by atoms with Gasteiger partial charge in [0.2, 0.25) is 0 Å². The minimum Gasteiger partial charge on any atom is -0.716 e. The molecule has 0 amide bonds. The molecular formula is C36H29N7Na2O10S2. The molecule has 3 heterocycles. The first-order valence-electron chi connectivity index (χ1n) is 16.7. The Morgan fingerprint density at radius 2 is 1.04 bits per heavy atom. The number of aromatic nitrogens is 7. The third-order valence-corrected chi connectivity index (χ3v) is 9.31. The summed E-state index contributed by atoms with van der Waals surface area (Å²) in [5.74, 6) is 0.314. The summed E-state index contributed by atoms with van der Waals surface area (Å²) in [6.07, 6.45) is 3.71. The SMILES string of the molecule is O=c1c2ccccc2nc(-c2ccc(OS(=O)(=O)[O-])cc2)n1CCCCCn1cc(Cn2c(-c3ccc(OS(=O)(=O)[O-])cc3)nc3ccccc3c2=O)nn1.[Na+].[Na+]. The summed E-state index contributed by atoms with van der Waals surface area (Å²) in [6, 6.07) is 25.1. The second kappa shape index (κ2) is 18.5. The van der Waals surface area contributed by atoms with E-state index in [0.717, 1.165) is 0 Å². The molecule has 4 aromatic carbocycles. The van der Waals surface area contributed by atoms with Gasteiger partial charge in [0.15, 0.2) is 0 Å². The summed E-state index contributed by atoms with van der Waals surface area (Å²) in [4.78, 5) is 36.7. The minimum atomic E-state index is -4.97.